The van der Waals surface area contributed by atoms with Gasteiger partial charge in [0.1, 0.15) is 6.07 Å². The normalized spacial score (nSPS) is 9.38. The van der Waals surface area contributed by atoms with Crippen LogP contribution in [0, 0.1) is 20.7 Å². The van der Waals surface area contributed by atoms with Gasteiger partial charge in [-0.1, -0.05) is 0 Å². The summed E-state index contributed by atoms with van der Waals surface area (Å²) in [5.41, 5.74) is -0.0417. The Kier molecular flexibility index (Phi) is 3.22. The Hall–Kier alpha value is -0.670. The Labute approximate surface area is 92.4 Å². The van der Waals surface area contributed by atoms with Crippen LogP contribution in [0.15, 0.2) is 12.1 Å². The van der Waals surface area contributed by atoms with E-state index in [1.54, 1.807) is 28.7 Å². The Morgan fingerprint density at radius 3 is 2.69 bits per heavy atom. The van der Waals surface area contributed by atoms with E-state index in [0.717, 1.165) is 6.07 Å². The summed E-state index contributed by atoms with van der Waals surface area (Å²) in [6.45, 7) is 0. The molecule has 0 saturated heterocycles. The lowest BCUT2D eigenvalue weighted by Crippen LogP contribution is -1.96. The summed E-state index contributed by atoms with van der Waals surface area (Å²) in [4.78, 5) is 10.7. The summed E-state index contributed by atoms with van der Waals surface area (Å²) in [6, 6.07) is 4.07. The molecule has 0 atom stereocenters. The predicted octanol–water partition coefficient (Wildman–Crippen LogP) is 2.68. The number of nitriles is 1. The summed E-state index contributed by atoms with van der Waals surface area (Å²) >= 11 is 6.88. The standard InChI is InChI=1S/C8H2ClFINO/c9-8(13)4-1-5(3-12)7(10)6(11)2-4/h1-2H. The van der Waals surface area contributed by atoms with Gasteiger partial charge in [-0.25, -0.2) is 4.39 Å². The van der Waals surface area contributed by atoms with Crippen LogP contribution < -0.4 is 0 Å². The molecule has 0 aliphatic carbocycles. The van der Waals surface area contributed by atoms with Gasteiger partial charge in [-0.05, 0) is 46.3 Å². The van der Waals surface area contributed by atoms with Gasteiger partial charge < -0.3 is 0 Å². The summed E-state index contributed by atoms with van der Waals surface area (Å²) < 4.78 is 13.3. The summed E-state index contributed by atoms with van der Waals surface area (Å²) in [6.07, 6.45) is 0. The number of carbonyl (C=O) groups is 1. The third kappa shape index (κ3) is 2.17. The van der Waals surface area contributed by atoms with E-state index in [0.29, 0.717) is 0 Å². The van der Waals surface area contributed by atoms with E-state index in [1.807, 2.05) is 0 Å². The van der Waals surface area contributed by atoms with Gasteiger partial charge in [0.15, 0.2) is 5.82 Å². The van der Waals surface area contributed by atoms with Crippen LogP contribution in [0.25, 0.3) is 0 Å². The highest BCUT2D eigenvalue weighted by Gasteiger charge is 2.11. The van der Waals surface area contributed by atoms with Crippen LogP contribution in [0.5, 0.6) is 0 Å². The quantitative estimate of drug-likeness (QED) is 0.591. The molecule has 0 bridgehead atoms. The molecule has 0 aromatic heterocycles. The Morgan fingerprint density at radius 2 is 2.23 bits per heavy atom. The molecular formula is C8H2ClFINO. The van der Waals surface area contributed by atoms with E-state index < -0.39 is 11.1 Å². The zero-order valence-corrected chi connectivity index (χ0v) is 9.06. The molecule has 0 saturated carbocycles. The van der Waals surface area contributed by atoms with Crippen molar-refractivity contribution in [2.24, 2.45) is 0 Å². The maximum absolute atomic E-state index is 13.1. The van der Waals surface area contributed by atoms with Crippen LogP contribution in [0.3, 0.4) is 0 Å². The molecule has 13 heavy (non-hydrogen) atoms. The second-order valence-electron chi connectivity index (χ2n) is 2.21. The molecule has 0 N–H and O–H groups in total. The van der Waals surface area contributed by atoms with Crippen LogP contribution in [0.2, 0.25) is 0 Å². The largest absolute Gasteiger partial charge is 0.276 e. The Bertz CT molecular complexity index is 413. The van der Waals surface area contributed by atoms with E-state index in [9.17, 15) is 9.18 Å². The molecule has 66 valence electrons. The molecule has 0 amide bonds. The molecule has 1 aromatic carbocycles. The fourth-order valence-corrected chi connectivity index (χ4v) is 1.52. The average molecular weight is 309 g/mol. The van der Waals surface area contributed by atoms with Gasteiger partial charge in [0.05, 0.1) is 9.13 Å². The molecule has 2 nitrogen and oxygen atoms in total. The van der Waals surface area contributed by atoms with Crippen molar-refractivity contribution in [1.82, 2.24) is 0 Å². The van der Waals surface area contributed by atoms with Crippen LogP contribution in [-0.4, -0.2) is 5.24 Å². The van der Waals surface area contributed by atoms with Gasteiger partial charge in [-0.2, -0.15) is 5.26 Å². The zero-order valence-electron chi connectivity index (χ0n) is 6.14. The topological polar surface area (TPSA) is 40.9 Å². The van der Waals surface area contributed by atoms with E-state index in [2.05, 4.69) is 0 Å². The smallest absolute Gasteiger partial charge is 0.252 e. The molecule has 0 fully saturated rings. The number of benzene rings is 1. The van der Waals surface area contributed by atoms with Crippen molar-refractivity contribution >= 4 is 39.4 Å². The number of hydrogen-bond donors (Lipinski definition) is 0. The van der Waals surface area contributed by atoms with E-state index in [1.165, 1.54) is 6.07 Å². The second-order valence-corrected chi connectivity index (χ2v) is 3.71. The first kappa shape index (κ1) is 10.4. The lowest BCUT2D eigenvalue weighted by atomic mass is 10.1. The Balaban J connectivity index is 3.41. The fraction of sp³-hybridized carbons (Fsp3) is 0. The molecule has 1 aromatic rings. The van der Waals surface area contributed by atoms with Crippen molar-refractivity contribution in [1.29, 1.82) is 5.26 Å². The molecule has 0 radical (unpaired) electrons. The molecule has 0 spiro atoms. The molecule has 0 aliphatic heterocycles. The van der Waals surface area contributed by atoms with Crippen molar-refractivity contribution in [3.05, 3.63) is 32.6 Å². The first-order valence-corrected chi connectivity index (χ1v) is 4.61. The average Bonchev–Trinajstić information content (AvgIpc) is 2.09. The highest BCUT2D eigenvalue weighted by atomic mass is 127. The highest BCUT2D eigenvalue weighted by Crippen LogP contribution is 2.18. The lowest BCUT2D eigenvalue weighted by Gasteiger charge is -1.99. The van der Waals surface area contributed by atoms with Crippen LogP contribution in [0.1, 0.15) is 15.9 Å². The van der Waals surface area contributed by atoms with Crippen LogP contribution >= 0.6 is 34.2 Å². The van der Waals surface area contributed by atoms with Crippen molar-refractivity contribution in [2.45, 2.75) is 0 Å². The maximum atomic E-state index is 13.1. The van der Waals surface area contributed by atoms with Crippen molar-refractivity contribution in [3.8, 4) is 6.07 Å². The lowest BCUT2D eigenvalue weighted by molar-refractivity contribution is 0.108. The van der Waals surface area contributed by atoms with Gasteiger partial charge >= 0.3 is 0 Å². The fourth-order valence-electron chi connectivity index (χ4n) is 0.784. The molecule has 1 rings (SSSR count). The second kappa shape index (κ2) is 4.03. The van der Waals surface area contributed by atoms with Crippen LogP contribution in [0.4, 0.5) is 4.39 Å². The molecular weight excluding hydrogens is 307 g/mol. The van der Waals surface area contributed by atoms with Gasteiger partial charge in [-0.3, -0.25) is 4.79 Å². The van der Waals surface area contributed by atoms with E-state index >= 15 is 0 Å². The highest BCUT2D eigenvalue weighted by molar-refractivity contribution is 14.1. The third-order valence-corrected chi connectivity index (χ3v) is 2.38. The van der Waals surface area contributed by atoms with Crippen molar-refractivity contribution in [3.63, 3.8) is 0 Å². The molecule has 0 heterocycles. The minimum Gasteiger partial charge on any atom is -0.276 e. The molecule has 0 unspecified atom stereocenters. The number of halogens is 3. The minimum atomic E-state index is -0.700. The zero-order chi connectivity index (χ0) is 10.0. The third-order valence-electron chi connectivity index (χ3n) is 1.38. The number of carbonyl (C=O) groups excluding carboxylic acids is 1. The SMILES string of the molecule is N#Cc1cc(C(=O)Cl)cc(I)c1F. The van der Waals surface area contributed by atoms with E-state index in [-0.39, 0.29) is 14.7 Å². The molecule has 0 aliphatic rings. The summed E-state index contributed by atoms with van der Waals surface area (Å²) in [7, 11) is 0. The maximum Gasteiger partial charge on any atom is 0.252 e. The monoisotopic (exact) mass is 309 g/mol. The summed E-state index contributed by atoms with van der Waals surface area (Å²) in [5.74, 6) is -0.621. The van der Waals surface area contributed by atoms with E-state index in [4.69, 9.17) is 16.9 Å². The van der Waals surface area contributed by atoms with Crippen molar-refractivity contribution in [2.75, 3.05) is 0 Å². The van der Waals surface area contributed by atoms with Gasteiger partial charge in [0.25, 0.3) is 5.24 Å². The summed E-state index contributed by atoms with van der Waals surface area (Å²) in [5, 5.41) is 7.80. The van der Waals surface area contributed by atoms with Gasteiger partial charge in [-0.15, -0.1) is 0 Å². The van der Waals surface area contributed by atoms with Gasteiger partial charge in [0, 0.05) is 5.56 Å². The number of nitrogens with zero attached hydrogens (tertiary/aromatic N) is 1. The predicted molar refractivity (Wildman–Crippen MR) is 54.0 cm³/mol. The first-order chi connectivity index (χ1) is 6.06. The molecule has 5 heteroatoms. The Morgan fingerprint density at radius 1 is 1.62 bits per heavy atom. The first-order valence-electron chi connectivity index (χ1n) is 3.15. The number of rotatable bonds is 1. The van der Waals surface area contributed by atoms with Gasteiger partial charge in [0.2, 0.25) is 0 Å². The van der Waals surface area contributed by atoms with Crippen molar-refractivity contribution < 1.29 is 9.18 Å². The van der Waals surface area contributed by atoms with Crippen LogP contribution in [-0.2, 0) is 0 Å². The number of hydrogen-bond acceptors (Lipinski definition) is 2. The minimum absolute atomic E-state index is 0.129.